The second kappa shape index (κ2) is 6.59. The molecule has 0 atom stereocenters. The maximum atomic E-state index is 13.6. The number of hydrogen-bond donors (Lipinski definition) is 1. The van der Waals surface area contributed by atoms with Crippen molar-refractivity contribution >= 4 is 26.7 Å². The van der Waals surface area contributed by atoms with Crippen LogP contribution in [0.5, 0.6) is 0 Å². The number of pyridine rings is 2. The highest BCUT2D eigenvalue weighted by Gasteiger charge is 2.25. The monoisotopic (exact) mass is 445 g/mol. The van der Waals surface area contributed by atoms with Gasteiger partial charge in [-0.15, -0.1) is 0 Å². The van der Waals surface area contributed by atoms with Crippen molar-refractivity contribution < 1.29 is 8.42 Å². The summed E-state index contributed by atoms with van der Waals surface area (Å²) in [7, 11) is -2.24. The zero-order valence-corrected chi connectivity index (χ0v) is 17.5. The molecule has 12 heteroatoms. The first-order chi connectivity index (χ1) is 15.5. The minimum atomic E-state index is -4.06. The Morgan fingerprint density at radius 1 is 0.875 bits per heavy atom. The van der Waals surface area contributed by atoms with Crippen LogP contribution in [0.4, 0.5) is 0 Å². The van der Waals surface area contributed by atoms with E-state index in [4.69, 9.17) is 0 Å². The average molecular weight is 445 g/mol. The standard InChI is InChI=1S/C20H15N9O2S/c1-27-11-16(8-25-27)13-2-3-19-22-10-20(28(19)12-13)32(30,31)29-18-4-14(15-6-23-24-7-15)5-21-17(18)9-26-29/h2-12H,1H3,(H,23,24). The predicted octanol–water partition coefficient (Wildman–Crippen LogP) is 2.11. The van der Waals surface area contributed by atoms with Crippen LogP contribution in [0.2, 0.25) is 0 Å². The molecule has 0 bridgehead atoms. The van der Waals surface area contributed by atoms with Crippen molar-refractivity contribution in [1.29, 1.82) is 0 Å². The van der Waals surface area contributed by atoms with E-state index in [0.29, 0.717) is 16.7 Å². The average Bonchev–Trinajstić information content (AvgIpc) is 3.58. The summed E-state index contributed by atoms with van der Waals surface area (Å²) in [5.41, 5.74) is 4.53. The van der Waals surface area contributed by atoms with E-state index in [9.17, 15) is 8.42 Å². The summed E-state index contributed by atoms with van der Waals surface area (Å²) in [6.07, 6.45) is 13.1. The SMILES string of the molecule is Cn1cc(-c2ccc3ncc(S(=O)(=O)n4ncc5ncc(-c6cn[nH]c6)cc54)n3c2)cn1. The Kier molecular flexibility index (Phi) is 3.80. The van der Waals surface area contributed by atoms with Gasteiger partial charge in [-0.25, -0.2) is 4.98 Å². The number of H-pyrrole nitrogens is 1. The molecule has 0 saturated heterocycles. The lowest BCUT2D eigenvalue weighted by Crippen LogP contribution is -2.16. The van der Waals surface area contributed by atoms with Gasteiger partial charge in [-0.1, -0.05) is 0 Å². The fourth-order valence-corrected chi connectivity index (χ4v) is 4.96. The summed E-state index contributed by atoms with van der Waals surface area (Å²) in [6.45, 7) is 0. The summed E-state index contributed by atoms with van der Waals surface area (Å²) in [5.74, 6) is 0. The molecule has 1 N–H and O–H groups in total. The van der Waals surface area contributed by atoms with Gasteiger partial charge in [-0.05, 0) is 18.2 Å². The normalized spacial score (nSPS) is 12.2. The van der Waals surface area contributed by atoms with E-state index in [1.54, 1.807) is 52.2 Å². The zero-order chi connectivity index (χ0) is 21.9. The summed E-state index contributed by atoms with van der Waals surface area (Å²) in [6, 6.07) is 5.36. The molecule has 0 fully saturated rings. The number of aryl methyl sites for hydroxylation is 1. The van der Waals surface area contributed by atoms with E-state index in [1.165, 1.54) is 12.4 Å². The lowest BCUT2D eigenvalue weighted by Gasteiger charge is -2.07. The third kappa shape index (κ3) is 2.73. The van der Waals surface area contributed by atoms with Gasteiger partial charge in [0.05, 0.1) is 24.8 Å². The fourth-order valence-electron chi connectivity index (χ4n) is 3.62. The highest BCUT2D eigenvalue weighted by atomic mass is 32.2. The van der Waals surface area contributed by atoms with E-state index in [-0.39, 0.29) is 5.03 Å². The van der Waals surface area contributed by atoms with Crippen molar-refractivity contribution in [2.75, 3.05) is 0 Å². The number of rotatable bonds is 4. The van der Waals surface area contributed by atoms with Gasteiger partial charge < -0.3 is 0 Å². The zero-order valence-electron chi connectivity index (χ0n) is 16.7. The van der Waals surface area contributed by atoms with Gasteiger partial charge in [0.15, 0.2) is 5.03 Å². The Labute approximate surface area is 181 Å². The maximum Gasteiger partial charge on any atom is 0.301 e. The number of hydrogen-bond acceptors (Lipinski definition) is 7. The molecule has 6 rings (SSSR count). The van der Waals surface area contributed by atoms with Crippen LogP contribution in [0.1, 0.15) is 0 Å². The molecule has 0 spiro atoms. The molecule has 158 valence electrons. The van der Waals surface area contributed by atoms with E-state index in [1.807, 2.05) is 19.3 Å². The molecule has 0 unspecified atom stereocenters. The molecule has 6 aromatic heterocycles. The van der Waals surface area contributed by atoms with E-state index < -0.39 is 10.0 Å². The first-order valence-electron chi connectivity index (χ1n) is 9.55. The molecule has 0 radical (unpaired) electrons. The second-order valence-corrected chi connectivity index (χ2v) is 8.97. The molecule has 32 heavy (non-hydrogen) atoms. The second-order valence-electron chi connectivity index (χ2n) is 7.25. The Morgan fingerprint density at radius 3 is 2.56 bits per heavy atom. The number of aromatic amines is 1. The van der Waals surface area contributed by atoms with E-state index >= 15 is 0 Å². The van der Waals surface area contributed by atoms with Crippen LogP contribution in [0, 0.1) is 0 Å². The van der Waals surface area contributed by atoms with E-state index in [2.05, 4.69) is 30.4 Å². The highest BCUT2D eigenvalue weighted by molar-refractivity contribution is 7.90. The fraction of sp³-hybridized carbons (Fsp3) is 0.0500. The van der Waals surface area contributed by atoms with Gasteiger partial charge in [0.2, 0.25) is 0 Å². The van der Waals surface area contributed by atoms with Crippen LogP contribution in [0.3, 0.4) is 0 Å². The Morgan fingerprint density at radius 2 is 1.78 bits per heavy atom. The molecule has 11 nitrogen and oxygen atoms in total. The van der Waals surface area contributed by atoms with Crippen LogP contribution in [-0.4, -0.2) is 52.0 Å². The number of fused-ring (bicyclic) bond motifs is 2. The first-order valence-corrected chi connectivity index (χ1v) is 11.0. The number of nitrogens with one attached hydrogen (secondary N) is 1. The lowest BCUT2D eigenvalue weighted by atomic mass is 10.1. The molecular weight excluding hydrogens is 430 g/mol. The van der Waals surface area contributed by atoms with Crippen molar-refractivity contribution in [2.24, 2.45) is 7.05 Å². The quantitative estimate of drug-likeness (QED) is 0.440. The van der Waals surface area contributed by atoms with Gasteiger partial charge in [0.25, 0.3) is 0 Å². The van der Waals surface area contributed by atoms with Crippen LogP contribution in [0.25, 0.3) is 38.9 Å². The number of imidazole rings is 1. The molecule has 0 amide bonds. The van der Waals surface area contributed by atoms with Gasteiger partial charge in [-0.3, -0.25) is 19.2 Å². The van der Waals surface area contributed by atoms with Gasteiger partial charge in [0.1, 0.15) is 16.7 Å². The smallest absolute Gasteiger partial charge is 0.288 e. The Hall–Kier alpha value is -4.32. The molecule has 6 heterocycles. The molecular formula is C20H15N9O2S. The van der Waals surface area contributed by atoms with Crippen molar-refractivity contribution in [3.63, 3.8) is 0 Å². The summed E-state index contributed by atoms with van der Waals surface area (Å²) >= 11 is 0. The summed E-state index contributed by atoms with van der Waals surface area (Å²) in [4.78, 5) is 8.62. The molecule has 0 saturated carbocycles. The maximum absolute atomic E-state index is 13.6. The molecule has 0 aliphatic carbocycles. The van der Waals surface area contributed by atoms with Crippen molar-refractivity contribution in [3.05, 3.63) is 67.8 Å². The minimum Gasteiger partial charge on any atom is -0.288 e. The highest BCUT2D eigenvalue weighted by Crippen LogP contribution is 2.26. The predicted molar refractivity (Wildman–Crippen MR) is 115 cm³/mol. The van der Waals surface area contributed by atoms with Gasteiger partial charge in [0, 0.05) is 54.1 Å². The molecule has 0 aromatic carbocycles. The number of nitrogens with zero attached hydrogens (tertiary/aromatic N) is 8. The van der Waals surface area contributed by atoms with Crippen molar-refractivity contribution in [1.82, 2.24) is 43.5 Å². The van der Waals surface area contributed by atoms with Crippen molar-refractivity contribution in [3.8, 4) is 22.3 Å². The summed E-state index contributed by atoms with van der Waals surface area (Å²) < 4.78 is 31.4. The Bertz CT molecular complexity index is 1710. The van der Waals surface area contributed by atoms with Gasteiger partial charge in [-0.2, -0.15) is 27.8 Å². The van der Waals surface area contributed by atoms with Gasteiger partial charge >= 0.3 is 10.0 Å². The third-order valence-electron chi connectivity index (χ3n) is 5.22. The molecule has 6 aromatic rings. The van der Waals surface area contributed by atoms with Crippen LogP contribution in [-0.2, 0) is 17.1 Å². The Balaban J connectivity index is 1.52. The molecule has 0 aliphatic heterocycles. The van der Waals surface area contributed by atoms with Crippen molar-refractivity contribution in [2.45, 2.75) is 5.03 Å². The van der Waals surface area contributed by atoms with E-state index in [0.717, 1.165) is 26.3 Å². The van der Waals surface area contributed by atoms with Crippen LogP contribution in [0.15, 0.2) is 72.8 Å². The molecule has 0 aliphatic rings. The largest absolute Gasteiger partial charge is 0.301 e. The minimum absolute atomic E-state index is 0.00282. The number of aromatic nitrogens is 9. The topological polar surface area (TPSA) is 129 Å². The first kappa shape index (κ1) is 18.4. The lowest BCUT2D eigenvalue weighted by molar-refractivity contribution is 0.577. The van der Waals surface area contributed by atoms with Crippen LogP contribution >= 0.6 is 0 Å². The third-order valence-corrected chi connectivity index (χ3v) is 6.80. The van der Waals surface area contributed by atoms with Crippen LogP contribution < -0.4 is 0 Å². The summed E-state index contributed by atoms with van der Waals surface area (Å²) in [5, 5.41) is 15.0.